The van der Waals surface area contributed by atoms with Crippen molar-refractivity contribution >= 4 is 11.8 Å². The van der Waals surface area contributed by atoms with Gasteiger partial charge in [0.2, 0.25) is 0 Å². The molecule has 21 heavy (non-hydrogen) atoms. The van der Waals surface area contributed by atoms with Crippen molar-refractivity contribution in [3.05, 3.63) is 41.6 Å². The molecule has 1 amide bonds. The van der Waals surface area contributed by atoms with Gasteiger partial charge in [0.1, 0.15) is 11.4 Å². The number of nitrogens with zero attached hydrogens (tertiary/aromatic N) is 1. The van der Waals surface area contributed by atoms with Crippen LogP contribution >= 0.6 is 0 Å². The first kappa shape index (κ1) is 10.8. The molecule has 1 heterocycles. The molecule has 1 unspecified atom stereocenters. The number of hydrogen-bond donors (Lipinski definition) is 0. The Hall–Kier alpha value is -1.84. The van der Waals surface area contributed by atoms with E-state index in [0.717, 1.165) is 0 Å². The number of allylic oxidation sites excluding steroid dienone is 1. The van der Waals surface area contributed by atoms with E-state index in [0.29, 0.717) is 13.0 Å². The van der Waals surface area contributed by atoms with E-state index in [1.165, 1.54) is 4.90 Å². The summed E-state index contributed by atoms with van der Waals surface area (Å²) in [5, 5.41) is 0. The average Bonchev–Trinajstić information content (AvgIpc) is 2.50. The third-order valence-electron chi connectivity index (χ3n) is 2.96. The topological polar surface area (TPSA) is 29.5 Å². The number of hydrogen-bond acceptors (Lipinski definition) is 2. The number of benzene rings is 1. The van der Waals surface area contributed by atoms with Gasteiger partial charge in [-0.25, -0.2) is 9.18 Å². The maximum absolute atomic E-state index is 13.8. The summed E-state index contributed by atoms with van der Waals surface area (Å²) in [4.78, 5) is 13.9. The van der Waals surface area contributed by atoms with Gasteiger partial charge < -0.3 is 4.74 Å². The van der Waals surface area contributed by atoms with Gasteiger partial charge in [-0.05, 0) is 62.8 Å². The summed E-state index contributed by atoms with van der Waals surface area (Å²) in [5.74, 6) is -1.06. The van der Waals surface area contributed by atoms with Gasteiger partial charge in [0, 0.05) is 6.54 Å². The average molecular weight is 295 g/mol. The predicted octanol–water partition coefficient (Wildman–Crippen LogP) is 4.44. The number of carbonyl (C=O) groups is 1. The molecule has 1 aromatic carbocycles. The molecule has 1 aliphatic rings. The van der Waals surface area contributed by atoms with Crippen LogP contribution in [0.25, 0.3) is 5.70 Å². The molecule has 4 heteroatoms. The molecule has 0 aromatic heterocycles. The maximum Gasteiger partial charge on any atom is 0.414 e. The normalized spacial score (nSPS) is 21.9. The van der Waals surface area contributed by atoms with E-state index in [9.17, 15) is 9.18 Å². The minimum absolute atomic E-state index is 0.0887. The summed E-state index contributed by atoms with van der Waals surface area (Å²) in [7, 11) is 0. The molecule has 3 nitrogen and oxygen atoms in total. The van der Waals surface area contributed by atoms with E-state index in [4.69, 9.17) is 10.2 Å². The van der Waals surface area contributed by atoms with E-state index in [1.807, 2.05) is 6.92 Å². The minimum Gasteiger partial charge on any atom is -0.443 e. The second-order valence-electron chi connectivity index (χ2n) is 6.21. The molecule has 0 saturated heterocycles. The van der Waals surface area contributed by atoms with Gasteiger partial charge in [-0.3, -0.25) is 4.90 Å². The fraction of sp³-hybridized carbons (Fsp3) is 0.471. The molecule has 0 bridgehead atoms. The summed E-state index contributed by atoms with van der Waals surface area (Å²) in [6.45, 7) is 7.46. The first-order chi connectivity index (χ1) is 11.4. The Labute approximate surface area is 131 Å². The molecule has 0 N–H and O–H groups in total. The Morgan fingerprint density at radius 2 is 2.00 bits per heavy atom. The van der Waals surface area contributed by atoms with Gasteiger partial charge in [-0.2, -0.15) is 0 Å². The van der Waals surface area contributed by atoms with Gasteiger partial charge in [0.05, 0.1) is 11.2 Å². The molecule has 0 spiro atoms. The van der Waals surface area contributed by atoms with Crippen molar-refractivity contribution in [2.75, 3.05) is 6.54 Å². The molecule has 0 aliphatic carbocycles. The van der Waals surface area contributed by atoms with E-state index >= 15 is 0 Å². The molecule has 0 radical (unpaired) electrons. The molecule has 114 valence electrons. The lowest BCUT2D eigenvalue weighted by Gasteiger charge is -2.33. The molecule has 2 rings (SSSR count). The van der Waals surface area contributed by atoms with E-state index in [-0.39, 0.29) is 17.2 Å². The van der Waals surface area contributed by atoms with E-state index in [1.54, 1.807) is 26.8 Å². The van der Waals surface area contributed by atoms with E-state index < -0.39 is 41.7 Å². The largest absolute Gasteiger partial charge is 0.443 e. The predicted molar refractivity (Wildman–Crippen MR) is 81.1 cm³/mol. The first-order valence-corrected chi connectivity index (χ1v) is 6.91. The molecule has 1 atom stereocenters. The molecular formula is C17H22FNO2. The van der Waals surface area contributed by atoms with Crippen molar-refractivity contribution in [2.45, 2.75) is 39.7 Å². The smallest absolute Gasteiger partial charge is 0.414 e. The second-order valence-corrected chi connectivity index (χ2v) is 6.21. The van der Waals surface area contributed by atoms with Gasteiger partial charge >= 0.3 is 6.09 Å². The van der Waals surface area contributed by atoms with Crippen LogP contribution in [0.5, 0.6) is 0 Å². The summed E-state index contributed by atoms with van der Waals surface area (Å²) in [6.07, 6.45) is 1.65. The summed E-state index contributed by atoms with van der Waals surface area (Å²) < 4.78 is 50.6. The Bertz CT molecular complexity index is 714. The Balaban J connectivity index is 2.58. The summed E-state index contributed by atoms with van der Waals surface area (Å²) in [5.41, 5.74) is -0.584. The van der Waals surface area contributed by atoms with Crippen LogP contribution in [0.3, 0.4) is 0 Å². The SMILES string of the molecule is [2H]c1c([2H])c(C2=CCC(C)CN2C(=O)OC(C)(C)C)c([2H])c([2H])c1F. The zero-order valence-corrected chi connectivity index (χ0v) is 12.7. The molecule has 0 fully saturated rings. The van der Waals surface area contributed by atoms with E-state index in [2.05, 4.69) is 0 Å². The second kappa shape index (κ2) is 5.88. The lowest BCUT2D eigenvalue weighted by Crippen LogP contribution is -2.39. The number of amides is 1. The fourth-order valence-corrected chi connectivity index (χ4v) is 2.06. The highest BCUT2D eigenvalue weighted by molar-refractivity contribution is 5.82. The molecule has 1 aliphatic heterocycles. The number of halogens is 1. The van der Waals surface area contributed by atoms with Crippen LogP contribution in [0, 0.1) is 11.7 Å². The first-order valence-electron chi connectivity index (χ1n) is 8.91. The van der Waals surface area contributed by atoms with Gasteiger partial charge in [0.25, 0.3) is 0 Å². The van der Waals surface area contributed by atoms with Crippen LogP contribution in [0.1, 0.15) is 45.2 Å². The van der Waals surface area contributed by atoms with Crippen molar-refractivity contribution in [2.24, 2.45) is 5.92 Å². The highest BCUT2D eigenvalue weighted by Crippen LogP contribution is 2.29. The highest BCUT2D eigenvalue weighted by Gasteiger charge is 2.29. The Kier molecular flexibility index (Phi) is 3.03. The number of rotatable bonds is 1. The van der Waals surface area contributed by atoms with Crippen LogP contribution in [-0.4, -0.2) is 23.1 Å². The molecular weight excluding hydrogens is 269 g/mol. The number of carbonyl (C=O) groups excluding carboxylic acids is 1. The number of ether oxygens (including phenoxy) is 1. The van der Waals surface area contributed by atoms with Crippen LogP contribution in [-0.2, 0) is 4.74 Å². The lowest BCUT2D eigenvalue weighted by molar-refractivity contribution is 0.0327. The minimum atomic E-state index is -1.20. The van der Waals surface area contributed by atoms with Crippen LogP contribution in [0.4, 0.5) is 9.18 Å². The molecule has 1 aromatic rings. The van der Waals surface area contributed by atoms with Crippen molar-refractivity contribution < 1.29 is 19.4 Å². The van der Waals surface area contributed by atoms with Gasteiger partial charge in [-0.1, -0.05) is 13.0 Å². The quantitative estimate of drug-likeness (QED) is 0.766. The third-order valence-corrected chi connectivity index (χ3v) is 2.96. The third kappa shape index (κ3) is 4.06. The van der Waals surface area contributed by atoms with Crippen molar-refractivity contribution in [1.29, 1.82) is 0 Å². The Morgan fingerprint density at radius 1 is 1.38 bits per heavy atom. The van der Waals surface area contributed by atoms with Crippen LogP contribution < -0.4 is 0 Å². The summed E-state index contributed by atoms with van der Waals surface area (Å²) in [6, 6.07) is -2.51. The van der Waals surface area contributed by atoms with Crippen molar-refractivity contribution in [1.82, 2.24) is 4.90 Å². The zero-order chi connectivity index (χ0) is 19.1. The lowest BCUT2D eigenvalue weighted by atomic mass is 9.98. The van der Waals surface area contributed by atoms with Crippen molar-refractivity contribution in [3.8, 4) is 0 Å². The molecule has 0 saturated carbocycles. The Morgan fingerprint density at radius 3 is 2.57 bits per heavy atom. The van der Waals surface area contributed by atoms with Crippen LogP contribution in [0.15, 0.2) is 30.2 Å². The van der Waals surface area contributed by atoms with Crippen molar-refractivity contribution in [3.63, 3.8) is 0 Å². The monoisotopic (exact) mass is 295 g/mol. The standard InChI is InChI=1S/C17H22FNO2/c1-12-5-10-15(13-6-8-14(18)9-7-13)19(11-12)16(20)21-17(2,3)4/h6-10,12H,5,11H2,1-4H3/i6D,7D,8D,9D. The fourth-order valence-electron chi connectivity index (χ4n) is 2.06. The zero-order valence-electron chi connectivity index (χ0n) is 16.7. The van der Waals surface area contributed by atoms with Crippen LogP contribution in [0.2, 0.25) is 0 Å². The maximum atomic E-state index is 13.8. The van der Waals surface area contributed by atoms with Gasteiger partial charge in [0.15, 0.2) is 0 Å². The summed E-state index contributed by atoms with van der Waals surface area (Å²) >= 11 is 0. The van der Waals surface area contributed by atoms with Gasteiger partial charge in [-0.15, -0.1) is 0 Å². The highest BCUT2D eigenvalue weighted by atomic mass is 19.1.